The predicted octanol–water partition coefficient (Wildman–Crippen LogP) is 3.13. The van der Waals surface area contributed by atoms with Crippen molar-refractivity contribution in [2.75, 3.05) is 18.4 Å². The zero-order chi connectivity index (χ0) is 15.5. The molecule has 1 heterocycles. The maximum atomic E-state index is 12.5. The molecule has 0 spiro atoms. The Hall–Kier alpha value is -0.660. The lowest BCUT2D eigenvalue weighted by Gasteiger charge is -2.16. The summed E-state index contributed by atoms with van der Waals surface area (Å²) in [4.78, 5) is 4.35. The van der Waals surface area contributed by atoms with Crippen molar-refractivity contribution in [2.24, 2.45) is 5.41 Å². The van der Waals surface area contributed by atoms with Crippen LogP contribution in [0.5, 0.6) is 0 Å². The number of hydrogen-bond acceptors (Lipinski definition) is 4. The molecule has 118 valence electrons. The predicted molar refractivity (Wildman–Crippen MR) is 87.9 cm³/mol. The van der Waals surface area contributed by atoms with Gasteiger partial charge in [-0.15, -0.1) is 0 Å². The second-order valence-electron chi connectivity index (χ2n) is 5.61. The molecule has 0 amide bonds. The number of aromatic nitrogens is 1. The molecule has 0 aliphatic heterocycles. The number of halogens is 1. The molecule has 0 unspecified atom stereocenters. The monoisotopic (exact) mass is 375 g/mol. The molecule has 1 aliphatic rings. The van der Waals surface area contributed by atoms with Crippen LogP contribution in [0.15, 0.2) is 21.6 Å². The van der Waals surface area contributed by atoms with Crippen molar-refractivity contribution in [3.05, 3.63) is 16.7 Å². The molecule has 0 aromatic carbocycles. The SMILES string of the molecule is CCCC1(CNS(=O)(=O)c2cc(Br)cnc2NCC)CC1. The van der Waals surface area contributed by atoms with Gasteiger partial charge < -0.3 is 5.32 Å². The molecule has 2 N–H and O–H groups in total. The van der Waals surface area contributed by atoms with Crippen molar-refractivity contribution in [1.82, 2.24) is 9.71 Å². The summed E-state index contributed by atoms with van der Waals surface area (Å²) in [5.41, 5.74) is 0.180. The molecular weight excluding hydrogens is 354 g/mol. The van der Waals surface area contributed by atoms with Gasteiger partial charge in [0.05, 0.1) is 0 Å². The zero-order valence-electron chi connectivity index (χ0n) is 12.4. The summed E-state index contributed by atoms with van der Waals surface area (Å²) < 4.78 is 28.5. The van der Waals surface area contributed by atoms with Crippen LogP contribution in [0.1, 0.15) is 39.5 Å². The largest absolute Gasteiger partial charge is 0.369 e. The number of hydrogen-bond donors (Lipinski definition) is 2. The second-order valence-corrected chi connectivity index (χ2v) is 8.26. The first-order chi connectivity index (χ1) is 9.92. The highest BCUT2D eigenvalue weighted by molar-refractivity contribution is 9.10. The summed E-state index contributed by atoms with van der Waals surface area (Å²) in [6, 6.07) is 1.59. The van der Waals surface area contributed by atoms with Gasteiger partial charge >= 0.3 is 0 Å². The molecule has 0 atom stereocenters. The van der Waals surface area contributed by atoms with Gasteiger partial charge in [0.2, 0.25) is 10.0 Å². The lowest BCUT2D eigenvalue weighted by molar-refractivity contribution is 0.449. The van der Waals surface area contributed by atoms with E-state index in [4.69, 9.17) is 0 Å². The third-order valence-electron chi connectivity index (χ3n) is 3.83. The van der Waals surface area contributed by atoms with Gasteiger partial charge in [0, 0.05) is 23.8 Å². The van der Waals surface area contributed by atoms with Gasteiger partial charge in [0.1, 0.15) is 10.7 Å². The van der Waals surface area contributed by atoms with Crippen molar-refractivity contribution in [1.29, 1.82) is 0 Å². The standard InChI is InChI=1S/C14H22BrN3O2S/c1-3-5-14(6-7-14)10-18-21(19,20)12-8-11(15)9-17-13(12)16-4-2/h8-9,18H,3-7,10H2,1-2H3,(H,16,17). The average Bonchev–Trinajstić information content (AvgIpc) is 3.20. The Labute approximate surface area is 135 Å². The van der Waals surface area contributed by atoms with E-state index in [2.05, 4.69) is 37.9 Å². The first-order valence-corrected chi connectivity index (χ1v) is 9.59. The van der Waals surface area contributed by atoms with Gasteiger partial charge in [-0.25, -0.2) is 18.1 Å². The molecule has 7 heteroatoms. The fourth-order valence-electron chi connectivity index (χ4n) is 2.47. The highest BCUT2D eigenvalue weighted by Crippen LogP contribution is 2.49. The van der Waals surface area contributed by atoms with Crippen LogP contribution < -0.4 is 10.0 Å². The van der Waals surface area contributed by atoms with Gasteiger partial charge in [0.15, 0.2) is 0 Å². The Morgan fingerprint density at radius 2 is 2.10 bits per heavy atom. The van der Waals surface area contributed by atoms with Gasteiger partial charge in [0.25, 0.3) is 0 Å². The van der Waals surface area contributed by atoms with E-state index in [0.29, 0.717) is 23.4 Å². The molecule has 1 saturated carbocycles. The lowest BCUT2D eigenvalue weighted by Crippen LogP contribution is -2.31. The molecule has 1 aliphatic carbocycles. The van der Waals surface area contributed by atoms with Crippen LogP contribution in [-0.4, -0.2) is 26.5 Å². The number of sulfonamides is 1. The summed E-state index contributed by atoms with van der Waals surface area (Å²) in [6.07, 6.45) is 5.98. The zero-order valence-corrected chi connectivity index (χ0v) is 14.8. The lowest BCUT2D eigenvalue weighted by atomic mass is 10.0. The molecule has 0 saturated heterocycles. The first kappa shape index (κ1) is 16.7. The van der Waals surface area contributed by atoms with Crippen molar-refractivity contribution in [3.8, 4) is 0 Å². The van der Waals surface area contributed by atoms with E-state index in [1.165, 1.54) is 0 Å². The summed E-state index contributed by atoms with van der Waals surface area (Å²) in [6.45, 7) is 5.18. The topological polar surface area (TPSA) is 71.1 Å². The number of pyridine rings is 1. The average molecular weight is 376 g/mol. The van der Waals surface area contributed by atoms with Gasteiger partial charge in [-0.1, -0.05) is 13.3 Å². The number of nitrogens with zero attached hydrogens (tertiary/aromatic N) is 1. The van der Waals surface area contributed by atoms with Crippen molar-refractivity contribution < 1.29 is 8.42 Å². The van der Waals surface area contributed by atoms with Crippen LogP contribution >= 0.6 is 15.9 Å². The molecule has 0 bridgehead atoms. The van der Waals surface area contributed by atoms with Gasteiger partial charge in [-0.2, -0.15) is 0 Å². The fraction of sp³-hybridized carbons (Fsp3) is 0.643. The molecule has 2 rings (SSSR count). The van der Waals surface area contributed by atoms with Crippen LogP contribution in [-0.2, 0) is 10.0 Å². The molecular formula is C14H22BrN3O2S. The Balaban J connectivity index is 2.17. The van der Waals surface area contributed by atoms with E-state index in [0.717, 1.165) is 25.7 Å². The summed E-state index contributed by atoms with van der Waals surface area (Å²) in [5.74, 6) is 0.397. The van der Waals surface area contributed by atoms with Crippen LogP contribution in [0, 0.1) is 5.41 Å². The highest BCUT2D eigenvalue weighted by Gasteiger charge is 2.42. The second kappa shape index (κ2) is 6.62. The van der Waals surface area contributed by atoms with Crippen LogP contribution in [0.3, 0.4) is 0 Å². The van der Waals surface area contributed by atoms with Crippen LogP contribution in [0.4, 0.5) is 5.82 Å². The fourth-order valence-corrected chi connectivity index (χ4v) is 4.27. The molecule has 1 aromatic heterocycles. The Morgan fingerprint density at radius 1 is 1.38 bits per heavy atom. The molecule has 1 fully saturated rings. The minimum Gasteiger partial charge on any atom is -0.369 e. The molecule has 21 heavy (non-hydrogen) atoms. The summed E-state index contributed by atoms with van der Waals surface area (Å²) in [5, 5.41) is 3.00. The maximum Gasteiger partial charge on any atom is 0.244 e. The molecule has 5 nitrogen and oxygen atoms in total. The quantitative estimate of drug-likeness (QED) is 0.731. The van der Waals surface area contributed by atoms with E-state index < -0.39 is 10.0 Å². The van der Waals surface area contributed by atoms with E-state index in [1.807, 2.05) is 6.92 Å². The third kappa shape index (κ3) is 4.17. The Bertz CT molecular complexity index is 600. The third-order valence-corrected chi connectivity index (χ3v) is 5.68. The van der Waals surface area contributed by atoms with E-state index in [9.17, 15) is 8.42 Å². The van der Waals surface area contributed by atoms with E-state index >= 15 is 0 Å². The number of nitrogens with one attached hydrogen (secondary N) is 2. The summed E-state index contributed by atoms with van der Waals surface area (Å²) in [7, 11) is -3.55. The van der Waals surface area contributed by atoms with E-state index in [-0.39, 0.29) is 10.3 Å². The van der Waals surface area contributed by atoms with Gasteiger partial charge in [-0.05, 0) is 53.6 Å². The van der Waals surface area contributed by atoms with E-state index in [1.54, 1.807) is 12.3 Å². The van der Waals surface area contributed by atoms with Crippen molar-refractivity contribution >= 4 is 31.8 Å². The van der Waals surface area contributed by atoms with Gasteiger partial charge in [-0.3, -0.25) is 0 Å². The minimum atomic E-state index is -3.55. The smallest absolute Gasteiger partial charge is 0.244 e. The highest BCUT2D eigenvalue weighted by atomic mass is 79.9. The number of anilines is 1. The Morgan fingerprint density at radius 3 is 2.67 bits per heavy atom. The Kier molecular flexibility index (Phi) is 5.27. The molecule has 1 aromatic rings. The van der Waals surface area contributed by atoms with Crippen molar-refractivity contribution in [2.45, 2.75) is 44.4 Å². The maximum absolute atomic E-state index is 12.5. The number of rotatable bonds is 8. The first-order valence-electron chi connectivity index (χ1n) is 7.31. The van der Waals surface area contributed by atoms with Crippen LogP contribution in [0.25, 0.3) is 0 Å². The normalized spacial score (nSPS) is 16.7. The van der Waals surface area contributed by atoms with Crippen molar-refractivity contribution in [3.63, 3.8) is 0 Å². The summed E-state index contributed by atoms with van der Waals surface area (Å²) >= 11 is 3.29. The minimum absolute atomic E-state index is 0.180. The molecule has 0 radical (unpaired) electrons. The van der Waals surface area contributed by atoms with Crippen LogP contribution in [0.2, 0.25) is 0 Å².